The van der Waals surface area contributed by atoms with Crippen LogP contribution >= 0.6 is 11.3 Å². The van der Waals surface area contributed by atoms with E-state index in [1.54, 1.807) is 20.0 Å². The van der Waals surface area contributed by atoms with Crippen LogP contribution in [-0.2, 0) is 10.0 Å². The van der Waals surface area contributed by atoms with E-state index in [0.717, 1.165) is 36.9 Å². The molecule has 1 fully saturated rings. The fourth-order valence-corrected chi connectivity index (χ4v) is 5.08. The van der Waals surface area contributed by atoms with Gasteiger partial charge in [0.1, 0.15) is 0 Å². The van der Waals surface area contributed by atoms with E-state index >= 15 is 0 Å². The maximum absolute atomic E-state index is 12.7. The summed E-state index contributed by atoms with van der Waals surface area (Å²) in [6.45, 7) is 6.87. The summed E-state index contributed by atoms with van der Waals surface area (Å²) in [6, 6.07) is 3.71. The number of nitrogens with one attached hydrogen (secondary N) is 2. The highest BCUT2D eigenvalue weighted by Gasteiger charge is 2.24. The molecule has 7 nitrogen and oxygen atoms in total. The Balaban J connectivity index is 1.92. The molecule has 0 radical (unpaired) electrons. The number of pyridine rings is 1. The Kier molecular flexibility index (Phi) is 4.51. The predicted octanol–water partition coefficient (Wildman–Crippen LogP) is 1.37. The van der Waals surface area contributed by atoms with Gasteiger partial charge in [0, 0.05) is 32.4 Å². The standard InChI is InChI=1S/C14H19N5O2S2/c1-10-14(22-11(2)17-10)23(20,21)18-13-12(4-3-5-16-13)19-8-6-15-7-9-19/h3-5,15H,6-9H2,1-2H3,(H,16,18). The van der Waals surface area contributed by atoms with Crippen LogP contribution in [0.3, 0.4) is 0 Å². The Labute approximate surface area is 139 Å². The summed E-state index contributed by atoms with van der Waals surface area (Å²) in [5.74, 6) is 0.361. The average molecular weight is 353 g/mol. The van der Waals surface area contributed by atoms with E-state index in [-0.39, 0.29) is 4.21 Å². The second-order valence-electron chi connectivity index (χ2n) is 5.32. The number of piperazine rings is 1. The molecule has 23 heavy (non-hydrogen) atoms. The van der Waals surface area contributed by atoms with Gasteiger partial charge in [-0.1, -0.05) is 0 Å². The van der Waals surface area contributed by atoms with E-state index in [0.29, 0.717) is 11.5 Å². The number of aromatic nitrogens is 2. The Morgan fingerprint density at radius 2 is 2.04 bits per heavy atom. The molecule has 0 atom stereocenters. The second kappa shape index (κ2) is 6.42. The molecular formula is C14H19N5O2S2. The molecule has 1 aliphatic heterocycles. The van der Waals surface area contributed by atoms with Gasteiger partial charge in [-0.15, -0.1) is 11.3 Å². The smallest absolute Gasteiger partial charge is 0.274 e. The van der Waals surface area contributed by atoms with E-state index in [4.69, 9.17) is 0 Å². The van der Waals surface area contributed by atoms with E-state index in [1.165, 1.54) is 11.3 Å². The quantitative estimate of drug-likeness (QED) is 0.863. The average Bonchev–Trinajstić information content (AvgIpc) is 2.88. The first-order chi connectivity index (χ1) is 11.0. The molecule has 1 aliphatic rings. The zero-order valence-corrected chi connectivity index (χ0v) is 14.7. The lowest BCUT2D eigenvalue weighted by molar-refractivity contribution is 0.589. The Hall–Kier alpha value is -1.71. The third-order valence-corrected chi connectivity index (χ3v) is 6.60. The highest BCUT2D eigenvalue weighted by molar-refractivity contribution is 7.94. The summed E-state index contributed by atoms with van der Waals surface area (Å²) in [6.07, 6.45) is 1.59. The minimum atomic E-state index is -3.68. The van der Waals surface area contributed by atoms with E-state index in [1.807, 2.05) is 12.1 Å². The molecule has 0 spiro atoms. The van der Waals surface area contributed by atoms with Crippen molar-refractivity contribution in [2.75, 3.05) is 35.8 Å². The maximum Gasteiger partial charge on any atom is 0.274 e. The minimum Gasteiger partial charge on any atom is -0.366 e. The Morgan fingerprint density at radius 3 is 2.70 bits per heavy atom. The van der Waals surface area contributed by atoms with Crippen molar-refractivity contribution < 1.29 is 8.42 Å². The highest BCUT2D eigenvalue weighted by atomic mass is 32.2. The molecule has 3 rings (SSSR count). The summed E-state index contributed by atoms with van der Waals surface area (Å²) in [5.41, 5.74) is 1.32. The number of aryl methyl sites for hydroxylation is 2. The van der Waals surface area contributed by atoms with Crippen LogP contribution in [0, 0.1) is 13.8 Å². The third-order valence-electron chi connectivity index (χ3n) is 3.58. The highest BCUT2D eigenvalue weighted by Crippen LogP contribution is 2.29. The molecule has 124 valence electrons. The van der Waals surface area contributed by atoms with Crippen LogP contribution in [0.15, 0.2) is 22.5 Å². The number of anilines is 2. The van der Waals surface area contributed by atoms with Crippen LogP contribution in [0.2, 0.25) is 0 Å². The molecule has 2 N–H and O–H groups in total. The van der Waals surface area contributed by atoms with Crippen LogP contribution < -0.4 is 14.9 Å². The lowest BCUT2D eigenvalue weighted by Gasteiger charge is -2.30. The van der Waals surface area contributed by atoms with Gasteiger partial charge in [-0.2, -0.15) is 0 Å². The van der Waals surface area contributed by atoms with Crippen LogP contribution in [0.1, 0.15) is 10.7 Å². The van der Waals surface area contributed by atoms with Gasteiger partial charge in [-0.05, 0) is 26.0 Å². The summed E-state index contributed by atoms with van der Waals surface area (Å²) in [4.78, 5) is 10.6. The van der Waals surface area contributed by atoms with Crippen molar-refractivity contribution in [3.8, 4) is 0 Å². The lowest BCUT2D eigenvalue weighted by Crippen LogP contribution is -2.43. The van der Waals surface area contributed by atoms with Gasteiger partial charge >= 0.3 is 0 Å². The molecule has 2 aromatic rings. The first kappa shape index (κ1) is 16.2. The Bertz CT molecular complexity index is 797. The van der Waals surface area contributed by atoms with Crippen LogP contribution in [0.5, 0.6) is 0 Å². The summed E-state index contributed by atoms with van der Waals surface area (Å²) in [7, 11) is -3.68. The SMILES string of the molecule is Cc1nc(C)c(S(=O)(=O)Nc2ncccc2N2CCNCC2)s1. The summed E-state index contributed by atoms with van der Waals surface area (Å²) in [5, 5.41) is 4.01. The van der Waals surface area contributed by atoms with Crippen molar-refractivity contribution >= 4 is 32.9 Å². The molecule has 3 heterocycles. The fourth-order valence-electron chi connectivity index (χ4n) is 2.57. The molecule has 1 saturated heterocycles. The van der Waals surface area contributed by atoms with Crippen LogP contribution in [0.25, 0.3) is 0 Å². The number of thiazole rings is 1. The van der Waals surface area contributed by atoms with Gasteiger partial charge in [0.25, 0.3) is 10.0 Å². The van der Waals surface area contributed by atoms with Gasteiger partial charge in [0.2, 0.25) is 0 Å². The monoisotopic (exact) mass is 353 g/mol. The van der Waals surface area contributed by atoms with Crippen molar-refractivity contribution in [1.82, 2.24) is 15.3 Å². The van der Waals surface area contributed by atoms with E-state index < -0.39 is 10.0 Å². The normalized spacial score (nSPS) is 15.7. The van der Waals surface area contributed by atoms with Crippen molar-refractivity contribution in [2.45, 2.75) is 18.1 Å². The topological polar surface area (TPSA) is 87.2 Å². The minimum absolute atomic E-state index is 0.243. The van der Waals surface area contributed by atoms with Crippen LogP contribution in [-0.4, -0.2) is 44.6 Å². The molecule has 0 saturated carbocycles. The number of hydrogen-bond donors (Lipinski definition) is 2. The first-order valence-corrected chi connectivity index (χ1v) is 9.65. The van der Waals surface area contributed by atoms with Crippen molar-refractivity contribution in [1.29, 1.82) is 0 Å². The second-order valence-corrected chi connectivity index (χ2v) is 8.40. The third kappa shape index (κ3) is 3.46. The number of sulfonamides is 1. The number of nitrogens with zero attached hydrogens (tertiary/aromatic N) is 3. The lowest BCUT2D eigenvalue weighted by atomic mass is 10.3. The first-order valence-electron chi connectivity index (χ1n) is 7.35. The van der Waals surface area contributed by atoms with E-state index in [2.05, 4.69) is 24.9 Å². The summed E-state index contributed by atoms with van der Waals surface area (Å²) < 4.78 is 28.2. The molecule has 0 bridgehead atoms. The van der Waals surface area contributed by atoms with Gasteiger partial charge < -0.3 is 10.2 Å². The zero-order valence-electron chi connectivity index (χ0n) is 13.0. The van der Waals surface area contributed by atoms with Crippen molar-refractivity contribution in [3.05, 3.63) is 29.0 Å². The number of rotatable bonds is 4. The molecule has 9 heteroatoms. The molecular weight excluding hydrogens is 334 g/mol. The molecule has 0 amide bonds. The van der Waals surface area contributed by atoms with Gasteiger partial charge in [-0.25, -0.2) is 18.4 Å². The fraction of sp³-hybridized carbons (Fsp3) is 0.429. The van der Waals surface area contributed by atoms with Crippen LogP contribution in [0.4, 0.5) is 11.5 Å². The van der Waals surface area contributed by atoms with Gasteiger partial charge in [-0.3, -0.25) is 4.72 Å². The predicted molar refractivity (Wildman–Crippen MR) is 91.7 cm³/mol. The van der Waals surface area contributed by atoms with Gasteiger partial charge in [0.05, 0.1) is 16.4 Å². The molecule has 0 aliphatic carbocycles. The molecule has 2 aromatic heterocycles. The number of hydrogen-bond acceptors (Lipinski definition) is 7. The van der Waals surface area contributed by atoms with Crippen molar-refractivity contribution in [3.63, 3.8) is 0 Å². The molecule has 0 aromatic carbocycles. The van der Waals surface area contributed by atoms with Gasteiger partial charge in [0.15, 0.2) is 10.0 Å². The Morgan fingerprint density at radius 1 is 1.30 bits per heavy atom. The van der Waals surface area contributed by atoms with Crippen molar-refractivity contribution in [2.24, 2.45) is 0 Å². The maximum atomic E-state index is 12.7. The zero-order chi connectivity index (χ0) is 16.4. The summed E-state index contributed by atoms with van der Waals surface area (Å²) >= 11 is 1.17. The largest absolute Gasteiger partial charge is 0.366 e. The van der Waals surface area contributed by atoms with E-state index in [9.17, 15) is 8.42 Å². The molecule has 0 unspecified atom stereocenters.